The summed E-state index contributed by atoms with van der Waals surface area (Å²) in [6.07, 6.45) is 0.951. The maximum Gasteiger partial charge on any atom is 0.317 e. The molecule has 0 saturated carbocycles. The van der Waals surface area contributed by atoms with Crippen LogP contribution in [0.5, 0.6) is 5.75 Å². The average Bonchev–Trinajstić information content (AvgIpc) is 2.58. The lowest BCUT2D eigenvalue weighted by molar-refractivity contribution is 0.188. The Labute approximate surface area is 102 Å². The molecule has 0 unspecified atom stereocenters. The molecule has 0 saturated heterocycles. The number of rotatable bonds is 2. The molecule has 1 aromatic rings. The molecule has 4 heteroatoms. The molecule has 4 nitrogen and oxygen atoms in total. The maximum absolute atomic E-state index is 11.9. The van der Waals surface area contributed by atoms with Gasteiger partial charge in [0.25, 0.3) is 0 Å². The SMILES string of the molecule is CCCNC(=O)N1CCOc2ccccc2C1. The van der Waals surface area contributed by atoms with Gasteiger partial charge >= 0.3 is 6.03 Å². The number of benzene rings is 1. The number of ether oxygens (including phenoxy) is 1. The van der Waals surface area contributed by atoms with Crippen molar-refractivity contribution in [3.05, 3.63) is 29.8 Å². The molecule has 0 aliphatic carbocycles. The van der Waals surface area contributed by atoms with Crippen LogP contribution in [0.3, 0.4) is 0 Å². The fourth-order valence-electron chi connectivity index (χ4n) is 1.84. The van der Waals surface area contributed by atoms with E-state index in [0.717, 1.165) is 24.3 Å². The average molecular weight is 234 g/mol. The highest BCUT2D eigenvalue weighted by atomic mass is 16.5. The minimum atomic E-state index is -0.00727. The number of carbonyl (C=O) groups excluding carboxylic acids is 1. The summed E-state index contributed by atoms with van der Waals surface area (Å²) >= 11 is 0. The van der Waals surface area contributed by atoms with Crippen LogP contribution in [-0.4, -0.2) is 30.6 Å². The van der Waals surface area contributed by atoms with Crippen LogP contribution >= 0.6 is 0 Å². The molecule has 0 atom stereocenters. The molecular weight excluding hydrogens is 216 g/mol. The summed E-state index contributed by atoms with van der Waals surface area (Å²) in [6.45, 7) is 4.56. The van der Waals surface area contributed by atoms with Gasteiger partial charge in [-0.2, -0.15) is 0 Å². The zero-order valence-corrected chi connectivity index (χ0v) is 10.1. The molecular formula is C13H18N2O2. The molecule has 0 bridgehead atoms. The van der Waals surface area contributed by atoms with Gasteiger partial charge in [-0.3, -0.25) is 0 Å². The lowest BCUT2D eigenvalue weighted by Gasteiger charge is -2.20. The van der Waals surface area contributed by atoms with Crippen molar-refractivity contribution in [1.29, 1.82) is 0 Å². The van der Waals surface area contributed by atoms with Gasteiger partial charge in [0.15, 0.2) is 0 Å². The number of hydrogen-bond donors (Lipinski definition) is 1. The molecule has 0 aromatic heterocycles. The van der Waals surface area contributed by atoms with E-state index in [4.69, 9.17) is 4.74 Å². The Kier molecular flexibility index (Phi) is 3.85. The van der Waals surface area contributed by atoms with Crippen molar-refractivity contribution in [2.24, 2.45) is 0 Å². The van der Waals surface area contributed by atoms with E-state index in [1.807, 2.05) is 31.2 Å². The van der Waals surface area contributed by atoms with Crippen LogP contribution in [0.4, 0.5) is 4.79 Å². The third kappa shape index (κ3) is 2.90. The highest BCUT2D eigenvalue weighted by Gasteiger charge is 2.18. The molecule has 0 spiro atoms. The van der Waals surface area contributed by atoms with E-state index in [1.165, 1.54) is 0 Å². The number of carbonyl (C=O) groups is 1. The summed E-state index contributed by atoms with van der Waals surface area (Å²) in [4.78, 5) is 13.7. The number of amides is 2. The van der Waals surface area contributed by atoms with E-state index >= 15 is 0 Å². The van der Waals surface area contributed by atoms with Gasteiger partial charge in [0.2, 0.25) is 0 Å². The first kappa shape index (κ1) is 11.8. The van der Waals surface area contributed by atoms with Gasteiger partial charge in [-0.15, -0.1) is 0 Å². The number of para-hydroxylation sites is 1. The van der Waals surface area contributed by atoms with Crippen LogP contribution in [0.25, 0.3) is 0 Å². The monoisotopic (exact) mass is 234 g/mol. The number of nitrogens with zero attached hydrogens (tertiary/aromatic N) is 1. The number of nitrogens with one attached hydrogen (secondary N) is 1. The normalized spacial score (nSPS) is 14.5. The Morgan fingerprint density at radius 1 is 1.47 bits per heavy atom. The summed E-state index contributed by atoms with van der Waals surface area (Å²) in [5, 5.41) is 2.89. The summed E-state index contributed by atoms with van der Waals surface area (Å²) < 4.78 is 5.61. The Morgan fingerprint density at radius 3 is 3.12 bits per heavy atom. The predicted octanol–water partition coefficient (Wildman–Crippen LogP) is 2.00. The summed E-state index contributed by atoms with van der Waals surface area (Å²) in [6, 6.07) is 7.86. The van der Waals surface area contributed by atoms with Gasteiger partial charge in [0.05, 0.1) is 13.1 Å². The standard InChI is InChI=1S/C13H18N2O2/c1-2-7-14-13(16)15-8-9-17-12-6-4-3-5-11(12)10-15/h3-6H,2,7-10H2,1H3,(H,14,16). The topological polar surface area (TPSA) is 41.6 Å². The highest BCUT2D eigenvalue weighted by molar-refractivity contribution is 5.74. The molecule has 92 valence electrons. The van der Waals surface area contributed by atoms with Crippen molar-refractivity contribution in [1.82, 2.24) is 10.2 Å². The molecule has 2 amide bonds. The minimum Gasteiger partial charge on any atom is -0.491 e. The van der Waals surface area contributed by atoms with Gasteiger partial charge in [0.1, 0.15) is 12.4 Å². The largest absolute Gasteiger partial charge is 0.491 e. The fourth-order valence-corrected chi connectivity index (χ4v) is 1.84. The first-order valence-corrected chi connectivity index (χ1v) is 6.04. The molecule has 1 N–H and O–H groups in total. The number of hydrogen-bond acceptors (Lipinski definition) is 2. The second-order valence-electron chi connectivity index (χ2n) is 4.11. The van der Waals surface area contributed by atoms with Crippen LogP contribution in [0.2, 0.25) is 0 Å². The Morgan fingerprint density at radius 2 is 2.29 bits per heavy atom. The van der Waals surface area contributed by atoms with Crippen LogP contribution in [-0.2, 0) is 6.54 Å². The van der Waals surface area contributed by atoms with Crippen LogP contribution in [0, 0.1) is 0 Å². The van der Waals surface area contributed by atoms with Crippen molar-refractivity contribution in [2.45, 2.75) is 19.9 Å². The third-order valence-corrected chi connectivity index (χ3v) is 2.77. The predicted molar refractivity (Wildman–Crippen MR) is 66.0 cm³/mol. The lowest BCUT2D eigenvalue weighted by atomic mass is 10.2. The molecule has 17 heavy (non-hydrogen) atoms. The van der Waals surface area contributed by atoms with Crippen LogP contribution < -0.4 is 10.1 Å². The van der Waals surface area contributed by atoms with Gasteiger partial charge in [-0.1, -0.05) is 25.1 Å². The van der Waals surface area contributed by atoms with Gasteiger partial charge in [0, 0.05) is 12.1 Å². The molecule has 1 aromatic carbocycles. The quantitative estimate of drug-likeness (QED) is 0.850. The summed E-state index contributed by atoms with van der Waals surface area (Å²) in [5.41, 5.74) is 1.07. The first-order chi connectivity index (χ1) is 8.31. The Hall–Kier alpha value is -1.71. The minimum absolute atomic E-state index is 0.00727. The van der Waals surface area contributed by atoms with Crippen LogP contribution in [0.15, 0.2) is 24.3 Å². The second-order valence-corrected chi connectivity index (χ2v) is 4.11. The molecule has 0 fully saturated rings. The van der Waals surface area contributed by atoms with Gasteiger partial charge in [-0.25, -0.2) is 4.79 Å². The third-order valence-electron chi connectivity index (χ3n) is 2.77. The molecule has 0 radical (unpaired) electrons. The number of urea groups is 1. The number of fused-ring (bicyclic) bond motifs is 1. The smallest absolute Gasteiger partial charge is 0.317 e. The van der Waals surface area contributed by atoms with E-state index in [-0.39, 0.29) is 6.03 Å². The zero-order valence-electron chi connectivity index (χ0n) is 10.1. The van der Waals surface area contributed by atoms with E-state index in [1.54, 1.807) is 4.90 Å². The zero-order chi connectivity index (χ0) is 12.1. The van der Waals surface area contributed by atoms with Crippen molar-refractivity contribution >= 4 is 6.03 Å². The Balaban J connectivity index is 2.05. The van der Waals surface area contributed by atoms with E-state index in [2.05, 4.69) is 5.32 Å². The van der Waals surface area contributed by atoms with Gasteiger partial charge in [-0.05, 0) is 12.5 Å². The first-order valence-electron chi connectivity index (χ1n) is 6.04. The van der Waals surface area contributed by atoms with Crippen molar-refractivity contribution in [3.8, 4) is 5.75 Å². The molecule has 1 heterocycles. The van der Waals surface area contributed by atoms with Crippen molar-refractivity contribution < 1.29 is 9.53 Å². The van der Waals surface area contributed by atoms with Crippen molar-refractivity contribution in [3.63, 3.8) is 0 Å². The lowest BCUT2D eigenvalue weighted by Crippen LogP contribution is -2.40. The molecule has 2 rings (SSSR count). The van der Waals surface area contributed by atoms with Crippen molar-refractivity contribution in [2.75, 3.05) is 19.7 Å². The summed E-state index contributed by atoms with van der Waals surface area (Å²) in [5.74, 6) is 0.887. The van der Waals surface area contributed by atoms with Crippen LogP contribution in [0.1, 0.15) is 18.9 Å². The van der Waals surface area contributed by atoms with E-state index in [0.29, 0.717) is 19.7 Å². The van der Waals surface area contributed by atoms with Gasteiger partial charge < -0.3 is 15.0 Å². The van der Waals surface area contributed by atoms with E-state index in [9.17, 15) is 4.79 Å². The molecule has 1 aliphatic rings. The Bertz CT molecular complexity index is 393. The maximum atomic E-state index is 11.9. The highest BCUT2D eigenvalue weighted by Crippen LogP contribution is 2.22. The molecule has 1 aliphatic heterocycles. The van der Waals surface area contributed by atoms with E-state index < -0.39 is 0 Å². The fraction of sp³-hybridized carbons (Fsp3) is 0.462. The second kappa shape index (κ2) is 5.57. The summed E-state index contributed by atoms with van der Waals surface area (Å²) in [7, 11) is 0.